The van der Waals surface area contributed by atoms with Crippen LogP contribution in [0.4, 0.5) is 0 Å². The maximum absolute atomic E-state index is 2.55. The van der Waals surface area contributed by atoms with Gasteiger partial charge in [0.2, 0.25) is 0 Å². The number of hydrogen-bond donors (Lipinski definition) is 0. The summed E-state index contributed by atoms with van der Waals surface area (Å²) in [4.78, 5) is 0. The van der Waals surface area contributed by atoms with Crippen LogP contribution in [0.2, 0.25) is 0 Å². The SMILES string of the molecule is c1ccc2c(c1)sc1cc3c(cc12)c1ccccc1n3-c1c2ccccc2c(-n2c3ccccc3c3cc4c(cc32)sc2ccccc24)c2ccccc12. The lowest BCUT2D eigenvalue weighted by Gasteiger charge is -2.21. The summed E-state index contributed by atoms with van der Waals surface area (Å²) < 4.78 is 10.4. The number of rotatable bonds is 2. The van der Waals surface area contributed by atoms with Gasteiger partial charge in [0.1, 0.15) is 0 Å². The zero-order valence-electron chi connectivity index (χ0n) is 28.9. The summed E-state index contributed by atoms with van der Waals surface area (Å²) >= 11 is 3.77. The largest absolute Gasteiger partial charge is 0.308 e. The first kappa shape index (κ1) is 29.0. The maximum atomic E-state index is 2.55. The van der Waals surface area contributed by atoms with Gasteiger partial charge >= 0.3 is 0 Å². The summed E-state index contributed by atoms with van der Waals surface area (Å²) in [7, 11) is 0. The van der Waals surface area contributed by atoms with Gasteiger partial charge in [-0.05, 0) is 48.5 Å². The summed E-state index contributed by atoms with van der Waals surface area (Å²) in [6.07, 6.45) is 0. The molecule has 0 aliphatic rings. The van der Waals surface area contributed by atoms with Crippen LogP contribution in [-0.4, -0.2) is 9.13 Å². The Bertz CT molecular complexity index is 3440. The van der Waals surface area contributed by atoms with Crippen LogP contribution in [0.5, 0.6) is 0 Å². The monoisotopic (exact) mass is 720 g/mol. The van der Waals surface area contributed by atoms with Crippen molar-refractivity contribution in [1.29, 1.82) is 0 Å². The number of nitrogens with zero attached hydrogens (tertiary/aromatic N) is 2. The molecule has 13 aromatic rings. The Morgan fingerprint density at radius 1 is 0.241 bits per heavy atom. The number of fused-ring (bicyclic) bond motifs is 14. The van der Waals surface area contributed by atoms with Crippen molar-refractivity contribution in [3.05, 3.63) is 170 Å². The van der Waals surface area contributed by atoms with Gasteiger partial charge in [-0.3, -0.25) is 0 Å². The molecule has 250 valence electrons. The van der Waals surface area contributed by atoms with Gasteiger partial charge < -0.3 is 9.13 Å². The van der Waals surface area contributed by atoms with E-state index in [-0.39, 0.29) is 0 Å². The molecular weight excluding hydrogens is 693 g/mol. The quantitative estimate of drug-likeness (QED) is 0.157. The first-order valence-electron chi connectivity index (χ1n) is 18.4. The molecule has 0 radical (unpaired) electrons. The van der Waals surface area contributed by atoms with E-state index in [9.17, 15) is 0 Å². The fraction of sp³-hybridized carbons (Fsp3) is 0. The van der Waals surface area contributed by atoms with Crippen LogP contribution in [0.1, 0.15) is 0 Å². The van der Waals surface area contributed by atoms with Crippen LogP contribution in [-0.2, 0) is 0 Å². The van der Waals surface area contributed by atoms with Gasteiger partial charge in [-0.15, -0.1) is 22.7 Å². The van der Waals surface area contributed by atoms with Crippen LogP contribution in [0.3, 0.4) is 0 Å². The number of thiophene rings is 2. The van der Waals surface area contributed by atoms with E-state index in [1.54, 1.807) is 0 Å². The molecule has 4 heterocycles. The summed E-state index contributed by atoms with van der Waals surface area (Å²) in [6, 6.07) is 63.4. The molecule has 0 saturated heterocycles. The first-order chi connectivity index (χ1) is 26.8. The Kier molecular flexibility index (Phi) is 5.69. The molecule has 0 bridgehead atoms. The van der Waals surface area contributed by atoms with Crippen molar-refractivity contribution in [2.75, 3.05) is 0 Å². The summed E-state index contributed by atoms with van der Waals surface area (Å²) in [5.74, 6) is 0. The highest BCUT2D eigenvalue weighted by molar-refractivity contribution is 7.26. The molecule has 0 aliphatic heterocycles. The fourth-order valence-electron chi connectivity index (χ4n) is 9.42. The number of hydrogen-bond acceptors (Lipinski definition) is 2. The van der Waals surface area contributed by atoms with Crippen molar-refractivity contribution in [2.45, 2.75) is 0 Å². The van der Waals surface area contributed by atoms with Gasteiger partial charge in [-0.1, -0.05) is 121 Å². The molecule has 0 amide bonds. The van der Waals surface area contributed by atoms with Crippen LogP contribution >= 0.6 is 22.7 Å². The maximum Gasteiger partial charge on any atom is 0.0620 e. The van der Waals surface area contributed by atoms with Crippen LogP contribution in [0, 0.1) is 0 Å². The van der Waals surface area contributed by atoms with E-state index >= 15 is 0 Å². The van der Waals surface area contributed by atoms with E-state index in [1.807, 2.05) is 22.7 Å². The zero-order chi connectivity index (χ0) is 35.1. The summed E-state index contributed by atoms with van der Waals surface area (Å²) in [6.45, 7) is 0. The van der Waals surface area contributed by atoms with E-state index in [4.69, 9.17) is 0 Å². The van der Waals surface area contributed by atoms with E-state index in [0.29, 0.717) is 0 Å². The van der Waals surface area contributed by atoms with Crippen molar-refractivity contribution in [1.82, 2.24) is 9.13 Å². The van der Waals surface area contributed by atoms with Crippen molar-refractivity contribution in [3.8, 4) is 11.4 Å². The minimum Gasteiger partial charge on any atom is -0.308 e. The first-order valence-corrected chi connectivity index (χ1v) is 20.1. The smallest absolute Gasteiger partial charge is 0.0620 e. The van der Waals surface area contributed by atoms with Crippen LogP contribution < -0.4 is 0 Å². The molecule has 4 heteroatoms. The molecule has 2 nitrogen and oxygen atoms in total. The standard InChI is InChI=1S/C50H28N2S2/c1-2-18-34-33(17-1)49(51-41-21-9-5-13-29(41)37-25-39-31-15-7-11-23-45(31)53-47(39)27-43(37)51)35-19-3-4-20-36(35)50(34)52-42-22-10-6-14-30(42)38-26-40-32-16-8-12-24-46(32)54-48(40)28-44(38)52/h1-28H. The van der Waals surface area contributed by atoms with Gasteiger partial charge in [0.15, 0.2) is 0 Å². The fourth-order valence-corrected chi connectivity index (χ4v) is 11.7. The van der Waals surface area contributed by atoms with Crippen molar-refractivity contribution in [2.24, 2.45) is 0 Å². The third-order valence-corrected chi connectivity index (χ3v) is 13.9. The molecule has 0 fully saturated rings. The summed E-state index contributed by atoms with van der Waals surface area (Å²) in [5, 5.41) is 15.4. The normalized spacial score (nSPS) is 12.4. The molecule has 4 aromatic heterocycles. The molecule has 0 saturated carbocycles. The molecule has 0 spiro atoms. The molecule has 0 aliphatic carbocycles. The van der Waals surface area contributed by atoms with E-state index < -0.39 is 0 Å². The Hall–Kier alpha value is -6.46. The van der Waals surface area contributed by atoms with Crippen LogP contribution in [0.25, 0.3) is 117 Å². The van der Waals surface area contributed by atoms with E-state index in [0.717, 1.165) is 0 Å². The summed E-state index contributed by atoms with van der Waals surface area (Å²) in [5.41, 5.74) is 7.38. The lowest BCUT2D eigenvalue weighted by Crippen LogP contribution is -2.02. The average Bonchev–Trinajstić information content (AvgIpc) is 3.96. The molecule has 0 N–H and O–H groups in total. The minimum absolute atomic E-state index is 1.22. The minimum atomic E-state index is 1.22. The Balaban J connectivity index is 1.20. The second-order valence-corrected chi connectivity index (χ2v) is 16.6. The number of para-hydroxylation sites is 2. The third kappa shape index (κ3) is 3.73. The lowest BCUT2D eigenvalue weighted by atomic mass is 9.97. The Morgan fingerprint density at radius 3 is 0.981 bits per heavy atom. The highest BCUT2D eigenvalue weighted by Gasteiger charge is 2.24. The predicted molar refractivity (Wildman–Crippen MR) is 236 cm³/mol. The van der Waals surface area contributed by atoms with Gasteiger partial charge in [0, 0.05) is 83.4 Å². The lowest BCUT2D eigenvalue weighted by molar-refractivity contribution is 1.19. The highest BCUT2D eigenvalue weighted by atomic mass is 32.1. The molecule has 0 unspecified atom stereocenters. The van der Waals surface area contributed by atoms with E-state index in [1.165, 1.54) is 117 Å². The average molecular weight is 721 g/mol. The Labute approximate surface area is 316 Å². The van der Waals surface area contributed by atoms with Gasteiger partial charge in [-0.25, -0.2) is 0 Å². The van der Waals surface area contributed by atoms with Gasteiger partial charge in [0.25, 0.3) is 0 Å². The second kappa shape index (κ2) is 10.6. The van der Waals surface area contributed by atoms with Crippen molar-refractivity contribution >= 4 is 128 Å². The second-order valence-electron chi connectivity index (χ2n) is 14.4. The topological polar surface area (TPSA) is 9.86 Å². The van der Waals surface area contributed by atoms with Crippen LogP contribution in [0.15, 0.2) is 170 Å². The van der Waals surface area contributed by atoms with Crippen molar-refractivity contribution in [3.63, 3.8) is 0 Å². The number of benzene rings is 9. The molecule has 9 aromatic carbocycles. The van der Waals surface area contributed by atoms with Gasteiger partial charge in [-0.2, -0.15) is 0 Å². The van der Waals surface area contributed by atoms with Gasteiger partial charge in [0.05, 0.1) is 33.4 Å². The zero-order valence-corrected chi connectivity index (χ0v) is 30.5. The van der Waals surface area contributed by atoms with Crippen molar-refractivity contribution < 1.29 is 0 Å². The molecule has 13 rings (SSSR count). The number of aromatic nitrogens is 2. The third-order valence-electron chi connectivity index (χ3n) is 11.7. The predicted octanol–water partition coefficient (Wildman–Crippen LogP) is 14.9. The Morgan fingerprint density at radius 2 is 0.574 bits per heavy atom. The van der Waals surface area contributed by atoms with E-state index in [2.05, 4.69) is 179 Å². The molecular formula is C50H28N2S2. The molecule has 54 heavy (non-hydrogen) atoms. The highest BCUT2D eigenvalue weighted by Crippen LogP contribution is 2.47. The molecule has 0 atom stereocenters.